The number of aliphatic imine (C=N–C) groups is 1. The Morgan fingerprint density at radius 3 is 2.39 bits per heavy atom. The standard InChI is InChI=1S/C16H29N5S.HI/c1-12(2)11-20-6-8-21(9-7-20)16(17-5)18-10-15-13(3)19-14(4)22-15;/h12H,6-11H2,1-5H3,(H,17,18);1H. The lowest BCUT2D eigenvalue weighted by molar-refractivity contribution is 0.164. The molecule has 5 nitrogen and oxygen atoms in total. The number of rotatable bonds is 4. The Hall–Kier alpha value is -0.410. The molecule has 0 aromatic carbocycles. The van der Waals surface area contributed by atoms with Crippen LogP contribution in [0.2, 0.25) is 0 Å². The lowest BCUT2D eigenvalue weighted by Gasteiger charge is -2.37. The van der Waals surface area contributed by atoms with E-state index < -0.39 is 0 Å². The predicted octanol–water partition coefficient (Wildman–Crippen LogP) is 2.73. The number of hydrogen-bond acceptors (Lipinski definition) is 4. The van der Waals surface area contributed by atoms with Gasteiger partial charge in [0.15, 0.2) is 5.96 Å². The second-order valence-corrected chi connectivity index (χ2v) is 7.61. The van der Waals surface area contributed by atoms with Gasteiger partial charge in [0.1, 0.15) is 0 Å². The van der Waals surface area contributed by atoms with Crippen LogP contribution in [0.4, 0.5) is 0 Å². The zero-order chi connectivity index (χ0) is 16.1. The third-order valence-electron chi connectivity index (χ3n) is 3.91. The Morgan fingerprint density at radius 2 is 1.91 bits per heavy atom. The van der Waals surface area contributed by atoms with E-state index in [-0.39, 0.29) is 24.0 Å². The van der Waals surface area contributed by atoms with Crippen molar-refractivity contribution >= 4 is 41.3 Å². The minimum Gasteiger partial charge on any atom is -0.351 e. The molecule has 0 amide bonds. The van der Waals surface area contributed by atoms with Crippen molar-refractivity contribution in [1.82, 2.24) is 20.1 Å². The van der Waals surface area contributed by atoms with Gasteiger partial charge >= 0.3 is 0 Å². The van der Waals surface area contributed by atoms with Crippen molar-refractivity contribution in [2.24, 2.45) is 10.9 Å². The van der Waals surface area contributed by atoms with Crippen LogP contribution < -0.4 is 5.32 Å². The average molecular weight is 451 g/mol. The van der Waals surface area contributed by atoms with Gasteiger partial charge in [-0.05, 0) is 19.8 Å². The van der Waals surface area contributed by atoms with Crippen molar-refractivity contribution in [3.63, 3.8) is 0 Å². The molecule has 23 heavy (non-hydrogen) atoms. The van der Waals surface area contributed by atoms with E-state index in [0.29, 0.717) is 0 Å². The number of nitrogens with one attached hydrogen (secondary N) is 1. The van der Waals surface area contributed by atoms with E-state index in [1.807, 2.05) is 7.05 Å². The molecule has 2 rings (SSSR count). The topological polar surface area (TPSA) is 43.8 Å². The quantitative estimate of drug-likeness (QED) is 0.435. The number of halogens is 1. The fraction of sp³-hybridized carbons (Fsp3) is 0.750. The zero-order valence-corrected chi connectivity index (χ0v) is 18.1. The first-order chi connectivity index (χ1) is 10.5. The summed E-state index contributed by atoms with van der Waals surface area (Å²) in [7, 11) is 1.87. The zero-order valence-electron chi connectivity index (χ0n) is 14.9. The fourth-order valence-electron chi connectivity index (χ4n) is 2.89. The third kappa shape index (κ3) is 6.19. The largest absolute Gasteiger partial charge is 0.351 e. The molecule has 1 aromatic rings. The fourth-order valence-corrected chi connectivity index (χ4v) is 3.76. The SMILES string of the molecule is CN=C(NCc1sc(C)nc1C)N1CCN(CC(C)C)CC1.I. The first-order valence-corrected chi connectivity index (χ1v) is 8.92. The second-order valence-electron chi connectivity index (χ2n) is 6.32. The summed E-state index contributed by atoms with van der Waals surface area (Å²) in [6.45, 7) is 15.1. The summed E-state index contributed by atoms with van der Waals surface area (Å²) in [5, 5.41) is 4.62. The summed E-state index contributed by atoms with van der Waals surface area (Å²) in [4.78, 5) is 15.1. The molecule has 1 fully saturated rings. The van der Waals surface area contributed by atoms with Crippen LogP contribution in [0.1, 0.15) is 29.4 Å². The Labute approximate surface area is 161 Å². The maximum atomic E-state index is 4.48. The summed E-state index contributed by atoms with van der Waals surface area (Å²) in [6, 6.07) is 0. The van der Waals surface area contributed by atoms with Crippen LogP contribution in [-0.2, 0) is 6.54 Å². The average Bonchev–Trinajstić information content (AvgIpc) is 2.79. The monoisotopic (exact) mass is 451 g/mol. The first-order valence-electron chi connectivity index (χ1n) is 8.10. The molecule has 0 bridgehead atoms. The summed E-state index contributed by atoms with van der Waals surface area (Å²) >= 11 is 1.77. The van der Waals surface area contributed by atoms with Crippen LogP contribution in [0.5, 0.6) is 0 Å². The van der Waals surface area contributed by atoms with Gasteiger partial charge in [0.2, 0.25) is 0 Å². The molecule has 1 aromatic heterocycles. The second kappa shape index (κ2) is 9.78. The van der Waals surface area contributed by atoms with Gasteiger partial charge in [0.25, 0.3) is 0 Å². The molecule has 0 saturated carbocycles. The molecule has 0 radical (unpaired) electrons. The van der Waals surface area contributed by atoms with Crippen LogP contribution in [0, 0.1) is 19.8 Å². The van der Waals surface area contributed by atoms with Crippen molar-refractivity contribution in [3.05, 3.63) is 15.6 Å². The molecule has 0 aliphatic carbocycles. The van der Waals surface area contributed by atoms with Gasteiger partial charge in [-0.2, -0.15) is 0 Å². The number of aryl methyl sites for hydroxylation is 2. The molecular formula is C16H30IN5S. The number of thiazole rings is 1. The van der Waals surface area contributed by atoms with Gasteiger partial charge in [0, 0.05) is 44.6 Å². The van der Waals surface area contributed by atoms with Crippen molar-refractivity contribution < 1.29 is 0 Å². The molecule has 0 unspecified atom stereocenters. The van der Waals surface area contributed by atoms with Gasteiger partial charge in [-0.3, -0.25) is 9.89 Å². The molecule has 0 spiro atoms. The molecule has 132 valence electrons. The number of hydrogen-bond donors (Lipinski definition) is 1. The molecule has 1 saturated heterocycles. The molecule has 0 atom stereocenters. The van der Waals surface area contributed by atoms with Crippen LogP contribution in [-0.4, -0.2) is 60.5 Å². The van der Waals surface area contributed by atoms with Crippen LogP contribution in [0.25, 0.3) is 0 Å². The van der Waals surface area contributed by atoms with Crippen molar-refractivity contribution in [1.29, 1.82) is 0 Å². The number of guanidine groups is 1. The van der Waals surface area contributed by atoms with E-state index in [0.717, 1.165) is 55.3 Å². The summed E-state index contributed by atoms with van der Waals surface area (Å²) in [5.74, 6) is 1.75. The van der Waals surface area contributed by atoms with Gasteiger partial charge in [-0.25, -0.2) is 4.98 Å². The van der Waals surface area contributed by atoms with E-state index in [2.05, 4.69) is 52.8 Å². The number of nitrogens with zero attached hydrogens (tertiary/aromatic N) is 4. The van der Waals surface area contributed by atoms with E-state index in [4.69, 9.17) is 0 Å². The van der Waals surface area contributed by atoms with E-state index in [9.17, 15) is 0 Å². The highest BCUT2D eigenvalue weighted by Gasteiger charge is 2.20. The molecule has 1 N–H and O–H groups in total. The minimum absolute atomic E-state index is 0. The summed E-state index contributed by atoms with van der Waals surface area (Å²) in [5.41, 5.74) is 1.13. The number of aromatic nitrogens is 1. The van der Waals surface area contributed by atoms with Crippen molar-refractivity contribution in [2.45, 2.75) is 34.2 Å². The summed E-state index contributed by atoms with van der Waals surface area (Å²) in [6.07, 6.45) is 0. The maximum Gasteiger partial charge on any atom is 0.194 e. The maximum absolute atomic E-state index is 4.48. The number of piperazine rings is 1. The van der Waals surface area contributed by atoms with E-state index >= 15 is 0 Å². The predicted molar refractivity (Wildman–Crippen MR) is 110 cm³/mol. The highest BCUT2D eigenvalue weighted by atomic mass is 127. The van der Waals surface area contributed by atoms with Gasteiger partial charge < -0.3 is 10.2 Å². The highest BCUT2D eigenvalue weighted by Crippen LogP contribution is 2.16. The molecule has 1 aliphatic rings. The lowest BCUT2D eigenvalue weighted by atomic mass is 10.2. The Morgan fingerprint density at radius 1 is 1.26 bits per heavy atom. The summed E-state index contributed by atoms with van der Waals surface area (Å²) < 4.78 is 0. The smallest absolute Gasteiger partial charge is 0.194 e. The molecule has 7 heteroatoms. The van der Waals surface area contributed by atoms with Crippen LogP contribution >= 0.6 is 35.3 Å². The molecular weight excluding hydrogens is 421 g/mol. The third-order valence-corrected chi connectivity index (χ3v) is 4.99. The Balaban J connectivity index is 0.00000264. The highest BCUT2D eigenvalue weighted by molar-refractivity contribution is 14.0. The van der Waals surface area contributed by atoms with Crippen LogP contribution in [0.3, 0.4) is 0 Å². The first kappa shape index (κ1) is 20.6. The normalized spacial score (nSPS) is 16.6. The molecule has 1 aliphatic heterocycles. The Bertz CT molecular complexity index is 507. The van der Waals surface area contributed by atoms with E-state index in [1.54, 1.807) is 11.3 Å². The van der Waals surface area contributed by atoms with E-state index in [1.165, 1.54) is 11.4 Å². The van der Waals surface area contributed by atoms with Gasteiger partial charge in [-0.15, -0.1) is 35.3 Å². The molecule has 2 heterocycles. The van der Waals surface area contributed by atoms with Gasteiger partial charge in [-0.1, -0.05) is 13.8 Å². The van der Waals surface area contributed by atoms with Crippen molar-refractivity contribution in [3.8, 4) is 0 Å². The minimum atomic E-state index is 0. The van der Waals surface area contributed by atoms with Crippen LogP contribution in [0.15, 0.2) is 4.99 Å². The van der Waals surface area contributed by atoms with Gasteiger partial charge in [0.05, 0.1) is 17.2 Å². The Kier molecular flexibility index (Phi) is 8.78. The lowest BCUT2D eigenvalue weighted by Crippen LogP contribution is -2.52. The van der Waals surface area contributed by atoms with Crippen molar-refractivity contribution in [2.75, 3.05) is 39.8 Å².